The van der Waals surface area contributed by atoms with Gasteiger partial charge in [0.25, 0.3) is 0 Å². The number of nitrogens with one attached hydrogen (secondary N) is 2. The zero-order valence-corrected chi connectivity index (χ0v) is 20.1. The lowest BCUT2D eigenvalue weighted by molar-refractivity contribution is 0.437. The lowest BCUT2D eigenvalue weighted by Crippen LogP contribution is -2.06. The van der Waals surface area contributed by atoms with Crippen LogP contribution in [0.4, 0.5) is 11.4 Å². The largest absolute Gasteiger partial charge is 0.351 e. The van der Waals surface area contributed by atoms with E-state index in [4.69, 9.17) is 4.98 Å². The third-order valence-electron chi connectivity index (χ3n) is 5.71. The highest BCUT2D eigenvalue weighted by molar-refractivity contribution is 5.77. The van der Waals surface area contributed by atoms with Crippen LogP contribution in [0.15, 0.2) is 66.0 Å². The highest BCUT2D eigenvalue weighted by atomic mass is 16.1. The van der Waals surface area contributed by atoms with Crippen LogP contribution in [0.1, 0.15) is 71.4 Å². The van der Waals surface area contributed by atoms with Crippen LogP contribution in [0.2, 0.25) is 0 Å². The van der Waals surface area contributed by atoms with Crippen LogP contribution in [0.5, 0.6) is 0 Å². The summed E-state index contributed by atoms with van der Waals surface area (Å²) < 4.78 is 1.99. The minimum Gasteiger partial charge on any atom is -0.351 e. The molecule has 0 spiro atoms. The molecule has 0 atom stereocenters. The van der Waals surface area contributed by atoms with E-state index in [1.165, 1.54) is 37.8 Å². The minimum atomic E-state index is -0.123. The third kappa shape index (κ3) is 5.69. The van der Waals surface area contributed by atoms with E-state index in [1.807, 2.05) is 62.7 Å². The molecule has 6 nitrogen and oxygen atoms in total. The molecule has 1 fully saturated rings. The number of nitrogens with zero attached hydrogens (tertiary/aromatic N) is 3. The number of aromatic nitrogens is 4. The highest BCUT2D eigenvalue weighted by Crippen LogP contribution is 2.32. The number of rotatable bonds is 4. The quantitative estimate of drug-likeness (QED) is 0.357. The number of hydrogen-bond acceptors (Lipinski definition) is 4. The van der Waals surface area contributed by atoms with Crippen LogP contribution < -0.4 is 10.9 Å². The van der Waals surface area contributed by atoms with Crippen LogP contribution in [-0.2, 0) is 0 Å². The molecule has 4 heterocycles. The van der Waals surface area contributed by atoms with E-state index in [9.17, 15) is 4.79 Å². The zero-order chi connectivity index (χ0) is 23.6. The van der Waals surface area contributed by atoms with Crippen LogP contribution in [0.25, 0.3) is 16.9 Å². The lowest BCUT2D eigenvalue weighted by Gasteiger charge is -2.21. The van der Waals surface area contributed by atoms with Gasteiger partial charge in [0, 0.05) is 41.8 Å². The molecule has 1 aliphatic rings. The molecule has 0 radical (unpaired) electrons. The van der Waals surface area contributed by atoms with E-state index in [-0.39, 0.29) is 5.56 Å². The Hall–Kier alpha value is -3.41. The first-order valence-corrected chi connectivity index (χ1v) is 12.2. The van der Waals surface area contributed by atoms with E-state index in [2.05, 4.69) is 27.4 Å². The Kier molecular flexibility index (Phi) is 8.81. The van der Waals surface area contributed by atoms with Gasteiger partial charge in [0.2, 0.25) is 5.56 Å². The second-order valence-corrected chi connectivity index (χ2v) is 7.63. The summed E-state index contributed by atoms with van der Waals surface area (Å²) in [7, 11) is 0. The monoisotopic (exact) mass is 445 g/mol. The van der Waals surface area contributed by atoms with Gasteiger partial charge < -0.3 is 10.3 Å². The normalized spacial score (nSPS) is 13.5. The maximum atomic E-state index is 11.7. The summed E-state index contributed by atoms with van der Waals surface area (Å²) in [6.07, 6.45) is 13.7. The Labute approximate surface area is 196 Å². The summed E-state index contributed by atoms with van der Waals surface area (Å²) >= 11 is 0. The minimum absolute atomic E-state index is 0.123. The molecule has 2 N–H and O–H groups in total. The molecule has 6 heteroatoms. The molecular weight excluding hydrogens is 410 g/mol. The van der Waals surface area contributed by atoms with Crippen molar-refractivity contribution >= 4 is 17.0 Å². The fourth-order valence-electron chi connectivity index (χ4n) is 4.23. The summed E-state index contributed by atoms with van der Waals surface area (Å²) in [5.74, 6) is 0.602. The molecule has 0 amide bonds. The van der Waals surface area contributed by atoms with E-state index in [0.29, 0.717) is 5.92 Å². The molecule has 4 aromatic rings. The van der Waals surface area contributed by atoms with E-state index < -0.39 is 0 Å². The molecule has 0 aliphatic heterocycles. The van der Waals surface area contributed by atoms with Crippen molar-refractivity contribution in [1.29, 1.82) is 0 Å². The van der Waals surface area contributed by atoms with Gasteiger partial charge in [0.1, 0.15) is 0 Å². The molecule has 33 heavy (non-hydrogen) atoms. The topological polar surface area (TPSA) is 75.1 Å². The first-order chi connectivity index (χ1) is 16.3. The summed E-state index contributed by atoms with van der Waals surface area (Å²) in [4.78, 5) is 23.6. The lowest BCUT2D eigenvalue weighted by atomic mass is 9.87. The standard InChI is InChI=1S/C23H23N5O.2C2H6/c29-22-14-17(10-11-24-22)21-9-8-20(23-25-12-13-28(21)23)27-18-6-7-19(26-15-18)16-4-2-1-3-5-16;2*1-2/h6-16,27H,1-5H2,(H,24,29);2*1-2H3. The SMILES string of the molecule is CC.CC.O=c1cc(-c2ccc(Nc3ccc(C4CCCCC4)nc3)c3nccn23)cc[nH]1. The summed E-state index contributed by atoms with van der Waals surface area (Å²) in [6, 6.07) is 11.7. The second-order valence-electron chi connectivity index (χ2n) is 7.63. The van der Waals surface area contributed by atoms with Gasteiger partial charge in [0.05, 0.1) is 23.3 Å². The number of hydrogen-bond donors (Lipinski definition) is 2. The smallest absolute Gasteiger partial charge is 0.248 e. The van der Waals surface area contributed by atoms with Gasteiger partial charge in [-0.05, 0) is 43.2 Å². The molecular formula is C27H35N5O. The van der Waals surface area contributed by atoms with Crippen LogP contribution in [0.3, 0.4) is 0 Å². The van der Waals surface area contributed by atoms with Crippen molar-refractivity contribution in [2.75, 3.05) is 5.32 Å². The predicted molar refractivity (Wildman–Crippen MR) is 137 cm³/mol. The third-order valence-corrected chi connectivity index (χ3v) is 5.71. The molecule has 5 rings (SSSR count). The van der Waals surface area contributed by atoms with Gasteiger partial charge in [-0.1, -0.05) is 47.0 Å². The van der Waals surface area contributed by atoms with Crippen molar-refractivity contribution in [2.45, 2.75) is 65.7 Å². The van der Waals surface area contributed by atoms with Gasteiger partial charge in [0.15, 0.2) is 5.65 Å². The Morgan fingerprint density at radius 1 is 0.970 bits per heavy atom. The summed E-state index contributed by atoms with van der Waals surface area (Å²) in [5.41, 5.74) is 5.49. The molecule has 1 saturated carbocycles. The molecule has 174 valence electrons. The Bertz CT molecular complexity index is 1190. The van der Waals surface area contributed by atoms with Crippen LogP contribution in [-0.4, -0.2) is 19.4 Å². The van der Waals surface area contributed by atoms with Gasteiger partial charge in [-0.15, -0.1) is 0 Å². The molecule has 4 aromatic heterocycles. The Morgan fingerprint density at radius 2 is 1.76 bits per heavy atom. The van der Waals surface area contributed by atoms with Crippen molar-refractivity contribution in [1.82, 2.24) is 19.4 Å². The number of anilines is 2. The van der Waals surface area contributed by atoms with Crippen molar-refractivity contribution in [3.8, 4) is 11.3 Å². The number of imidazole rings is 1. The predicted octanol–water partition coefficient (Wildman–Crippen LogP) is 6.93. The maximum Gasteiger partial charge on any atom is 0.248 e. The van der Waals surface area contributed by atoms with Crippen LogP contribution in [0, 0.1) is 0 Å². The Morgan fingerprint density at radius 3 is 2.45 bits per heavy atom. The van der Waals surface area contributed by atoms with Crippen molar-refractivity contribution in [3.05, 3.63) is 77.2 Å². The zero-order valence-electron chi connectivity index (χ0n) is 20.1. The van der Waals surface area contributed by atoms with Crippen molar-refractivity contribution in [2.24, 2.45) is 0 Å². The number of fused-ring (bicyclic) bond motifs is 1. The van der Waals surface area contributed by atoms with Crippen LogP contribution >= 0.6 is 0 Å². The average Bonchev–Trinajstić information content (AvgIpc) is 3.38. The molecule has 0 unspecified atom stereocenters. The average molecular weight is 446 g/mol. The maximum absolute atomic E-state index is 11.7. The fraction of sp³-hybridized carbons (Fsp3) is 0.370. The molecule has 0 saturated heterocycles. The van der Waals surface area contributed by atoms with E-state index in [0.717, 1.165) is 28.3 Å². The van der Waals surface area contributed by atoms with Gasteiger partial charge in [-0.25, -0.2) is 4.98 Å². The van der Waals surface area contributed by atoms with Gasteiger partial charge in [-0.2, -0.15) is 0 Å². The molecule has 1 aliphatic carbocycles. The fourth-order valence-corrected chi connectivity index (χ4v) is 4.23. The highest BCUT2D eigenvalue weighted by Gasteiger charge is 2.16. The second kappa shape index (κ2) is 12.0. The van der Waals surface area contributed by atoms with Crippen molar-refractivity contribution < 1.29 is 0 Å². The van der Waals surface area contributed by atoms with Crippen molar-refractivity contribution in [3.63, 3.8) is 0 Å². The first kappa shape index (κ1) is 24.2. The molecule has 0 aromatic carbocycles. The summed E-state index contributed by atoms with van der Waals surface area (Å²) in [5, 5.41) is 3.44. The number of pyridine rings is 3. The summed E-state index contributed by atoms with van der Waals surface area (Å²) in [6.45, 7) is 8.00. The molecule has 0 bridgehead atoms. The van der Waals surface area contributed by atoms with Gasteiger partial charge >= 0.3 is 0 Å². The van der Waals surface area contributed by atoms with E-state index >= 15 is 0 Å². The van der Waals surface area contributed by atoms with Gasteiger partial charge in [-0.3, -0.25) is 14.2 Å². The Balaban J connectivity index is 0.000000728. The van der Waals surface area contributed by atoms with E-state index in [1.54, 1.807) is 18.5 Å². The first-order valence-electron chi connectivity index (χ1n) is 12.2. The number of H-pyrrole nitrogens is 1. The number of aromatic amines is 1.